The number of hydrogen-bond acceptors (Lipinski definition) is 5. The normalized spacial score (nSPS) is 11.2. The largest absolute Gasteiger partial charge is 0.312 e. The van der Waals surface area contributed by atoms with Crippen molar-refractivity contribution in [3.63, 3.8) is 0 Å². The van der Waals surface area contributed by atoms with Crippen LogP contribution in [0.15, 0.2) is 36.5 Å². The number of benzene rings is 1. The summed E-state index contributed by atoms with van der Waals surface area (Å²) in [6, 6.07) is 8.04. The molecule has 0 bridgehead atoms. The second kappa shape index (κ2) is 6.05. The van der Waals surface area contributed by atoms with E-state index in [0.717, 1.165) is 32.6 Å². The molecule has 1 aromatic carbocycles. The van der Waals surface area contributed by atoms with E-state index in [1.54, 1.807) is 12.1 Å². The Kier molecular flexibility index (Phi) is 3.85. The average Bonchev–Trinajstić information content (AvgIpc) is 3.25. The smallest absolute Gasteiger partial charge is 0.268 e. The van der Waals surface area contributed by atoms with Crippen LogP contribution in [-0.4, -0.2) is 19.7 Å². The number of imidazole rings is 1. The highest BCUT2D eigenvalue weighted by Gasteiger charge is 2.18. The average molecular weight is 372 g/mol. The first-order valence-electron chi connectivity index (χ1n) is 7.50. The van der Waals surface area contributed by atoms with Crippen LogP contribution >= 0.6 is 22.9 Å². The van der Waals surface area contributed by atoms with Crippen molar-refractivity contribution in [2.45, 2.75) is 13.8 Å². The predicted octanol–water partition coefficient (Wildman–Crippen LogP) is 4.53. The number of carbonyl (C=O) groups is 1. The first-order chi connectivity index (χ1) is 12.0. The Labute approximate surface area is 150 Å². The molecule has 4 rings (SSSR count). The molecule has 126 valence electrons. The van der Waals surface area contributed by atoms with E-state index < -0.39 is 0 Å². The van der Waals surface area contributed by atoms with E-state index in [2.05, 4.69) is 14.7 Å². The standard InChI is InChI=1S/C17H13FN4OS2/c1-9-7-14(25-21-9)20-16(23)15-10(2)22-8-13(19-17(22)24-15)11-3-5-12(18)6-4-11/h3-8H,1-2H3,(H,20,23). The molecule has 25 heavy (non-hydrogen) atoms. The third-order valence-corrected chi connectivity index (χ3v) is 5.72. The lowest BCUT2D eigenvalue weighted by Gasteiger charge is -2.00. The van der Waals surface area contributed by atoms with E-state index in [9.17, 15) is 9.18 Å². The summed E-state index contributed by atoms with van der Waals surface area (Å²) in [5, 5.41) is 3.59. The fraction of sp³-hybridized carbons (Fsp3) is 0.118. The van der Waals surface area contributed by atoms with Crippen LogP contribution in [0.2, 0.25) is 0 Å². The van der Waals surface area contributed by atoms with E-state index in [-0.39, 0.29) is 11.7 Å². The van der Waals surface area contributed by atoms with Crippen LogP contribution in [0.3, 0.4) is 0 Å². The van der Waals surface area contributed by atoms with Crippen molar-refractivity contribution in [1.82, 2.24) is 13.8 Å². The Morgan fingerprint density at radius 2 is 2.00 bits per heavy atom. The van der Waals surface area contributed by atoms with Crippen LogP contribution < -0.4 is 5.32 Å². The van der Waals surface area contributed by atoms with Crippen molar-refractivity contribution in [3.05, 3.63) is 58.6 Å². The number of rotatable bonds is 3. The van der Waals surface area contributed by atoms with Gasteiger partial charge in [0.2, 0.25) is 0 Å². The predicted molar refractivity (Wildman–Crippen MR) is 98.0 cm³/mol. The van der Waals surface area contributed by atoms with Crippen molar-refractivity contribution >= 4 is 38.7 Å². The maximum Gasteiger partial charge on any atom is 0.268 e. The third-order valence-electron chi connectivity index (χ3n) is 3.77. The molecule has 4 aromatic rings. The zero-order valence-electron chi connectivity index (χ0n) is 13.4. The molecule has 0 atom stereocenters. The van der Waals surface area contributed by atoms with Gasteiger partial charge < -0.3 is 5.32 Å². The summed E-state index contributed by atoms with van der Waals surface area (Å²) < 4.78 is 19.1. The summed E-state index contributed by atoms with van der Waals surface area (Å²) in [5.41, 5.74) is 3.28. The highest BCUT2D eigenvalue weighted by atomic mass is 32.1. The quantitative estimate of drug-likeness (QED) is 0.575. The van der Waals surface area contributed by atoms with E-state index in [4.69, 9.17) is 0 Å². The number of thiazole rings is 1. The summed E-state index contributed by atoms with van der Waals surface area (Å²) >= 11 is 2.58. The Balaban J connectivity index is 1.65. The Hall–Kier alpha value is -2.58. The number of aryl methyl sites for hydroxylation is 2. The van der Waals surface area contributed by atoms with Crippen LogP contribution in [0.4, 0.5) is 9.39 Å². The van der Waals surface area contributed by atoms with Gasteiger partial charge in [0.1, 0.15) is 15.7 Å². The van der Waals surface area contributed by atoms with Gasteiger partial charge in [-0.25, -0.2) is 9.37 Å². The number of anilines is 1. The second-order valence-electron chi connectivity index (χ2n) is 5.59. The summed E-state index contributed by atoms with van der Waals surface area (Å²) in [6.07, 6.45) is 1.86. The van der Waals surface area contributed by atoms with Crippen molar-refractivity contribution in [2.75, 3.05) is 5.32 Å². The van der Waals surface area contributed by atoms with Crippen molar-refractivity contribution in [1.29, 1.82) is 0 Å². The number of aromatic nitrogens is 3. The highest BCUT2D eigenvalue weighted by Crippen LogP contribution is 2.28. The fourth-order valence-electron chi connectivity index (χ4n) is 2.51. The van der Waals surface area contributed by atoms with Gasteiger partial charge in [-0.1, -0.05) is 11.3 Å². The van der Waals surface area contributed by atoms with Crippen molar-refractivity contribution in [2.24, 2.45) is 0 Å². The number of hydrogen-bond donors (Lipinski definition) is 1. The molecule has 3 aromatic heterocycles. The molecule has 5 nitrogen and oxygen atoms in total. The van der Waals surface area contributed by atoms with E-state index >= 15 is 0 Å². The molecule has 0 unspecified atom stereocenters. The molecule has 0 saturated carbocycles. The first-order valence-corrected chi connectivity index (χ1v) is 9.09. The molecule has 8 heteroatoms. The molecule has 0 aliphatic rings. The van der Waals surface area contributed by atoms with E-state index in [1.165, 1.54) is 35.0 Å². The lowest BCUT2D eigenvalue weighted by Crippen LogP contribution is -2.10. The van der Waals surface area contributed by atoms with Crippen LogP contribution in [0.5, 0.6) is 0 Å². The Morgan fingerprint density at radius 1 is 1.24 bits per heavy atom. The first kappa shape index (κ1) is 15.9. The zero-order chi connectivity index (χ0) is 17.6. The van der Waals surface area contributed by atoms with Gasteiger partial charge in [-0.3, -0.25) is 9.20 Å². The molecule has 1 N–H and O–H groups in total. The highest BCUT2D eigenvalue weighted by molar-refractivity contribution is 7.19. The fourth-order valence-corrected chi connectivity index (χ4v) is 4.17. The zero-order valence-corrected chi connectivity index (χ0v) is 15.0. The Bertz CT molecular complexity index is 1080. The molecular weight excluding hydrogens is 359 g/mol. The van der Waals surface area contributed by atoms with Crippen LogP contribution in [0.25, 0.3) is 16.2 Å². The summed E-state index contributed by atoms with van der Waals surface area (Å²) in [6.45, 7) is 3.76. The van der Waals surface area contributed by atoms with Crippen LogP contribution in [0.1, 0.15) is 21.1 Å². The van der Waals surface area contributed by atoms with Crippen molar-refractivity contribution < 1.29 is 9.18 Å². The summed E-state index contributed by atoms with van der Waals surface area (Å²) in [5.74, 6) is -0.446. The van der Waals surface area contributed by atoms with E-state index in [0.29, 0.717) is 4.88 Å². The molecule has 0 aliphatic carbocycles. The van der Waals surface area contributed by atoms with Gasteiger partial charge >= 0.3 is 0 Å². The molecule has 0 aliphatic heterocycles. The number of carbonyl (C=O) groups excluding carboxylic acids is 1. The number of amides is 1. The van der Waals surface area contributed by atoms with Crippen LogP contribution in [-0.2, 0) is 0 Å². The van der Waals surface area contributed by atoms with Gasteiger partial charge in [0.25, 0.3) is 5.91 Å². The van der Waals surface area contributed by atoms with Gasteiger partial charge in [0.15, 0.2) is 4.96 Å². The number of halogens is 1. The van der Waals surface area contributed by atoms with Gasteiger partial charge in [0.05, 0.1) is 11.4 Å². The van der Waals surface area contributed by atoms with Gasteiger partial charge in [-0.2, -0.15) is 4.37 Å². The number of fused-ring (bicyclic) bond motifs is 1. The minimum Gasteiger partial charge on any atom is -0.312 e. The topological polar surface area (TPSA) is 59.3 Å². The maximum absolute atomic E-state index is 13.1. The van der Waals surface area contributed by atoms with Crippen molar-refractivity contribution in [3.8, 4) is 11.3 Å². The van der Waals surface area contributed by atoms with Gasteiger partial charge in [-0.05, 0) is 55.7 Å². The molecule has 0 saturated heterocycles. The monoisotopic (exact) mass is 372 g/mol. The second-order valence-corrected chi connectivity index (χ2v) is 7.37. The lowest BCUT2D eigenvalue weighted by molar-refractivity contribution is 0.103. The third kappa shape index (κ3) is 2.94. The van der Waals surface area contributed by atoms with E-state index in [1.807, 2.05) is 30.5 Å². The molecule has 0 fully saturated rings. The summed E-state index contributed by atoms with van der Waals surface area (Å²) in [7, 11) is 0. The maximum atomic E-state index is 13.1. The molecular formula is C17H13FN4OS2. The molecule has 0 spiro atoms. The number of nitrogens with one attached hydrogen (secondary N) is 1. The SMILES string of the molecule is Cc1cc(NC(=O)c2sc3nc(-c4ccc(F)cc4)cn3c2C)sn1. The number of nitrogens with zero attached hydrogens (tertiary/aromatic N) is 3. The molecule has 1 amide bonds. The Morgan fingerprint density at radius 3 is 2.64 bits per heavy atom. The molecule has 3 heterocycles. The minimum absolute atomic E-state index is 0.167. The minimum atomic E-state index is -0.279. The van der Waals surface area contributed by atoms with Gasteiger partial charge in [-0.15, -0.1) is 0 Å². The van der Waals surface area contributed by atoms with Gasteiger partial charge in [0, 0.05) is 17.5 Å². The lowest BCUT2D eigenvalue weighted by atomic mass is 10.2. The summed E-state index contributed by atoms with van der Waals surface area (Å²) in [4.78, 5) is 18.4. The molecule has 0 radical (unpaired) electrons. The van der Waals surface area contributed by atoms with Crippen LogP contribution in [0, 0.1) is 19.7 Å².